The second-order valence-corrected chi connectivity index (χ2v) is 5.45. The third-order valence-corrected chi connectivity index (χ3v) is 3.57. The first-order valence-electron chi connectivity index (χ1n) is 7.22. The fourth-order valence-corrected chi connectivity index (χ4v) is 2.26. The van der Waals surface area contributed by atoms with Crippen molar-refractivity contribution in [2.75, 3.05) is 12.3 Å². The van der Waals surface area contributed by atoms with Gasteiger partial charge in [0, 0.05) is 12.2 Å². The van der Waals surface area contributed by atoms with Gasteiger partial charge in [-0.3, -0.25) is 4.79 Å². The minimum Gasteiger partial charge on any atom is -0.399 e. The van der Waals surface area contributed by atoms with E-state index in [4.69, 9.17) is 5.73 Å². The predicted octanol–water partition coefficient (Wildman–Crippen LogP) is 2.79. The number of nitrogen functional groups attached to an aromatic ring is 1. The van der Waals surface area contributed by atoms with Crippen molar-refractivity contribution >= 4 is 11.6 Å². The van der Waals surface area contributed by atoms with E-state index in [2.05, 4.69) is 23.5 Å². The summed E-state index contributed by atoms with van der Waals surface area (Å²) < 4.78 is 0. The molecule has 21 heavy (non-hydrogen) atoms. The zero-order valence-corrected chi connectivity index (χ0v) is 12.6. The van der Waals surface area contributed by atoms with E-state index in [1.54, 1.807) is 0 Å². The highest BCUT2D eigenvalue weighted by atomic mass is 16.1. The lowest BCUT2D eigenvalue weighted by Gasteiger charge is -2.08. The van der Waals surface area contributed by atoms with Gasteiger partial charge in [-0.2, -0.15) is 0 Å². The molecule has 0 aromatic heterocycles. The van der Waals surface area contributed by atoms with Gasteiger partial charge in [-0.25, -0.2) is 0 Å². The summed E-state index contributed by atoms with van der Waals surface area (Å²) in [5, 5.41) is 2.97. The lowest BCUT2D eigenvalue weighted by molar-refractivity contribution is -0.120. The number of anilines is 1. The quantitative estimate of drug-likeness (QED) is 0.829. The number of nitrogens with two attached hydrogens (primary N) is 1. The molecule has 0 aliphatic carbocycles. The van der Waals surface area contributed by atoms with E-state index in [0.717, 1.165) is 23.2 Å². The van der Waals surface area contributed by atoms with E-state index in [9.17, 15) is 4.79 Å². The van der Waals surface area contributed by atoms with Gasteiger partial charge in [0.25, 0.3) is 0 Å². The Kier molecular flexibility index (Phi) is 4.99. The predicted molar refractivity (Wildman–Crippen MR) is 87.2 cm³/mol. The fraction of sp³-hybridized carbons (Fsp3) is 0.278. The number of benzene rings is 2. The summed E-state index contributed by atoms with van der Waals surface area (Å²) in [6, 6.07) is 14.0. The number of rotatable bonds is 5. The minimum absolute atomic E-state index is 0.0687. The highest BCUT2D eigenvalue weighted by Gasteiger charge is 2.06. The second kappa shape index (κ2) is 6.93. The van der Waals surface area contributed by atoms with Crippen LogP contribution in [0.4, 0.5) is 5.69 Å². The van der Waals surface area contributed by atoms with Crippen LogP contribution in [0, 0.1) is 13.8 Å². The van der Waals surface area contributed by atoms with Crippen molar-refractivity contribution in [3.05, 3.63) is 64.7 Å². The zero-order valence-electron chi connectivity index (χ0n) is 12.6. The van der Waals surface area contributed by atoms with Crippen LogP contribution in [-0.2, 0) is 17.6 Å². The van der Waals surface area contributed by atoms with Crippen molar-refractivity contribution in [3.8, 4) is 0 Å². The molecule has 2 rings (SSSR count). The van der Waals surface area contributed by atoms with Crippen LogP contribution in [0.1, 0.15) is 22.3 Å². The van der Waals surface area contributed by atoms with Crippen molar-refractivity contribution in [2.24, 2.45) is 0 Å². The first-order chi connectivity index (χ1) is 10.0. The zero-order chi connectivity index (χ0) is 15.2. The highest BCUT2D eigenvalue weighted by Crippen LogP contribution is 2.11. The maximum atomic E-state index is 12.0. The Morgan fingerprint density at radius 3 is 2.52 bits per heavy atom. The van der Waals surface area contributed by atoms with Crippen molar-refractivity contribution in [2.45, 2.75) is 26.7 Å². The van der Waals surface area contributed by atoms with E-state index in [0.29, 0.717) is 13.0 Å². The van der Waals surface area contributed by atoms with Gasteiger partial charge in [-0.1, -0.05) is 35.9 Å². The Balaban J connectivity index is 1.82. The Morgan fingerprint density at radius 2 is 1.81 bits per heavy atom. The monoisotopic (exact) mass is 282 g/mol. The van der Waals surface area contributed by atoms with Gasteiger partial charge in [0.1, 0.15) is 0 Å². The van der Waals surface area contributed by atoms with Crippen molar-refractivity contribution in [1.82, 2.24) is 5.32 Å². The van der Waals surface area contributed by atoms with Gasteiger partial charge in [-0.05, 0) is 49.1 Å². The number of nitrogens with one attached hydrogen (secondary N) is 1. The van der Waals surface area contributed by atoms with Crippen LogP contribution < -0.4 is 11.1 Å². The number of hydrogen-bond donors (Lipinski definition) is 2. The van der Waals surface area contributed by atoms with Crippen molar-refractivity contribution in [3.63, 3.8) is 0 Å². The number of amides is 1. The molecule has 0 bridgehead atoms. The van der Waals surface area contributed by atoms with E-state index < -0.39 is 0 Å². The Bertz CT molecular complexity index is 618. The smallest absolute Gasteiger partial charge is 0.224 e. The molecule has 2 aromatic carbocycles. The summed E-state index contributed by atoms with van der Waals surface area (Å²) in [4.78, 5) is 12.0. The first-order valence-corrected chi connectivity index (χ1v) is 7.22. The van der Waals surface area contributed by atoms with Crippen LogP contribution in [0.2, 0.25) is 0 Å². The fourth-order valence-electron chi connectivity index (χ4n) is 2.26. The van der Waals surface area contributed by atoms with E-state index >= 15 is 0 Å². The first kappa shape index (κ1) is 15.1. The van der Waals surface area contributed by atoms with Crippen LogP contribution in [0.5, 0.6) is 0 Å². The Labute approximate surface area is 126 Å². The molecule has 0 unspecified atom stereocenters. The summed E-state index contributed by atoms with van der Waals surface area (Å²) in [7, 11) is 0. The molecule has 1 amide bonds. The topological polar surface area (TPSA) is 55.1 Å². The number of aryl methyl sites for hydroxylation is 2. The summed E-state index contributed by atoms with van der Waals surface area (Å²) in [6.45, 7) is 4.73. The van der Waals surface area contributed by atoms with Crippen LogP contribution >= 0.6 is 0 Å². The lowest BCUT2D eigenvalue weighted by atomic mass is 10.0. The molecule has 0 atom stereocenters. The number of hydrogen-bond acceptors (Lipinski definition) is 2. The molecule has 0 radical (unpaired) electrons. The van der Waals surface area contributed by atoms with Crippen LogP contribution in [0.25, 0.3) is 0 Å². The Hall–Kier alpha value is -2.29. The molecule has 2 aromatic rings. The van der Waals surface area contributed by atoms with Gasteiger partial charge in [0.2, 0.25) is 5.91 Å². The molecule has 110 valence electrons. The molecule has 3 nitrogen and oxygen atoms in total. The summed E-state index contributed by atoms with van der Waals surface area (Å²) >= 11 is 0. The molecular formula is C18H22N2O. The second-order valence-electron chi connectivity index (χ2n) is 5.45. The van der Waals surface area contributed by atoms with Crippen LogP contribution in [-0.4, -0.2) is 12.5 Å². The molecule has 0 fully saturated rings. The molecule has 3 heteroatoms. The molecule has 0 saturated carbocycles. The molecule has 0 heterocycles. The lowest BCUT2D eigenvalue weighted by Crippen LogP contribution is -2.27. The third-order valence-electron chi connectivity index (χ3n) is 3.57. The normalized spacial score (nSPS) is 10.4. The van der Waals surface area contributed by atoms with Crippen molar-refractivity contribution < 1.29 is 4.79 Å². The highest BCUT2D eigenvalue weighted by molar-refractivity contribution is 5.79. The molecule has 0 aliphatic heterocycles. The molecule has 0 aliphatic rings. The molecular weight excluding hydrogens is 260 g/mol. The van der Waals surface area contributed by atoms with Gasteiger partial charge in [0.15, 0.2) is 0 Å². The van der Waals surface area contributed by atoms with Gasteiger partial charge < -0.3 is 11.1 Å². The summed E-state index contributed by atoms with van der Waals surface area (Å²) in [5.74, 6) is 0.0687. The summed E-state index contributed by atoms with van der Waals surface area (Å²) in [5.41, 5.74) is 11.0. The Morgan fingerprint density at radius 1 is 1.10 bits per heavy atom. The van der Waals surface area contributed by atoms with E-state index in [1.807, 2.05) is 38.1 Å². The average Bonchev–Trinajstić information content (AvgIpc) is 2.45. The standard InChI is InChI=1S/C18H22N2O/c1-13-3-4-14(2)16(11-13)12-18(21)20-10-9-15-5-7-17(19)8-6-15/h3-8,11H,9-10,12,19H2,1-2H3,(H,20,21). The number of carbonyl (C=O) groups is 1. The maximum Gasteiger partial charge on any atom is 0.224 e. The average molecular weight is 282 g/mol. The van der Waals surface area contributed by atoms with E-state index in [-0.39, 0.29) is 5.91 Å². The largest absolute Gasteiger partial charge is 0.399 e. The van der Waals surface area contributed by atoms with Crippen molar-refractivity contribution in [1.29, 1.82) is 0 Å². The molecule has 0 saturated heterocycles. The van der Waals surface area contributed by atoms with Gasteiger partial charge in [0.05, 0.1) is 6.42 Å². The molecule has 0 spiro atoms. The van der Waals surface area contributed by atoms with Crippen LogP contribution in [0.3, 0.4) is 0 Å². The maximum absolute atomic E-state index is 12.0. The third kappa shape index (κ3) is 4.63. The molecule has 3 N–H and O–H groups in total. The number of carbonyl (C=O) groups excluding carboxylic acids is 1. The SMILES string of the molecule is Cc1ccc(C)c(CC(=O)NCCc2ccc(N)cc2)c1. The minimum atomic E-state index is 0.0687. The van der Waals surface area contributed by atoms with Gasteiger partial charge >= 0.3 is 0 Å². The summed E-state index contributed by atoms with van der Waals surface area (Å²) in [6.07, 6.45) is 1.26. The van der Waals surface area contributed by atoms with E-state index in [1.165, 1.54) is 11.1 Å². The van der Waals surface area contributed by atoms with Gasteiger partial charge in [-0.15, -0.1) is 0 Å². The van der Waals surface area contributed by atoms with Crippen LogP contribution in [0.15, 0.2) is 42.5 Å².